The molecule has 16 heavy (non-hydrogen) atoms. The van der Waals surface area contributed by atoms with Crippen molar-refractivity contribution in [1.82, 2.24) is 5.32 Å². The van der Waals surface area contributed by atoms with Crippen LogP contribution in [0.1, 0.15) is 33.1 Å². The highest BCUT2D eigenvalue weighted by Gasteiger charge is 2.39. The first-order chi connectivity index (χ1) is 7.34. The van der Waals surface area contributed by atoms with Crippen LogP contribution in [-0.2, 0) is 9.53 Å². The number of ether oxygens (including phenoxy) is 1. The Bertz CT molecular complexity index is 293. The van der Waals surface area contributed by atoms with Crippen molar-refractivity contribution >= 4 is 23.1 Å². The van der Waals surface area contributed by atoms with E-state index in [0.29, 0.717) is 6.54 Å². The number of carbonyl (C=O) groups is 1. The molecule has 3 N–H and O–H groups in total. The number of amides is 1. The van der Waals surface area contributed by atoms with Gasteiger partial charge in [-0.15, -0.1) is 0 Å². The summed E-state index contributed by atoms with van der Waals surface area (Å²) in [5.41, 5.74) is 4.57. The monoisotopic (exact) mass is 244 g/mol. The molecule has 0 aromatic rings. The maximum Gasteiger partial charge on any atom is 0.232 e. The fraction of sp³-hybridized carbons (Fsp3) is 0.818. The highest BCUT2D eigenvalue weighted by atomic mass is 32.1. The molecule has 0 atom stereocenters. The predicted octanol–water partition coefficient (Wildman–Crippen LogP) is 0.984. The van der Waals surface area contributed by atoms with Gasteiger partial charge in [0.05, 0.1) is 16.0 Å². The number of nitrogens with one attached hydrogen (secondary N) is 1. The third-order valence-electron chi connectivity index (χ3n) is 3.45. The van der Waals surface area contributed by atoms with Crippen molar-refractivity contribution in [2.75, 3.05) is 13.7 Å². The van der Waals surface area contributed by atoms with Gasteiger partial charge in [-0.1, -0.05) is 12.2 Å². The maximum atomic E-state index is 11.9. The van der Waals surface area contributed by atoms with Crippen molar-refractivity contribution < 1.29 is 9.53 Å². The minimum atomic E-state index is -0.798. The van der Waals surface area contributed by atoms with E-state index in [-0.39, 0.29) is 16.5 Å². The molecule has 92 valence electrons. The minimum absolute atomic E-state index is 0.136. The number of rotatable bonds is 5. The van der Waals surface area contributed by atoms with Gasteiger partial charge in [-0.3, -0.25) is 4.79 Å². The van der Waals surface area contributed by atoms with E-state index in [2.05, 4.69) is 5.32 Å². The molecule has 1 aliphatic rings. The van der Waals surface area contributed by atoms with Gasteiger partial charge in [-0.2, -0.15) is 0 Å². The normalized spacial score (nSPS) is 18.7. The van der Waals surface area contributed by atoms with Crippen molar-refractivity contribution in [1.29, 1.82) is 0 Å². The lowest BCUT2D eigenvalue weighted by atomic mass is 9.79. The van der Waals surface area contributed by atoms with Crippen LogP contribution in [0.25, 0.3) is 0 Å². The predicted molar refractivity (Wildman–Crippen MR) is 67.2 cm³/mol. The number of carbonyl (C=O) groups excluding carboxylic acids is 1. The second kappa shape index (κ2) is 4.67. The first kappa shape index (κ1) is 13.4. The number of thiocarbonyl (C=S) groups is 1. The Morgan fingerprint density at radius 2 is 2.12 bits per heavy atom. The molecule has 0 heterocycles. The fourth-order valence-corrected chi connectivity index (χ4v) is 1.69. The topological polar surface area (TPSA) is 64.3 Å². The molecule has 1 fully saturated rings. The van der Waals surface area contributed by atoms with Gasteiger partial charge >= 0.3 is 0 Å². The van der Waals surface area contributed by atoms with E-state index in [1.165, 1.54) is 0 Å². The van der Waals surface area contributed by atoms with Crippen LogP contribution in [-0.4, -0.2) is 30.2 Å². The van der Waals surface area contributed by atoms with Crippen LogP contribution in [0, 0.1) is 5.41 Å². The van der Waals surface area contributed by atoms with E-state index in [0.717, 1.165) is 19.3 Å². The Labute approximate surface area is 102 Å². The Balaban J connectivity index is 2.49. The van der Waals surface area contributed by atoms with Gasteiger partial charge < -0.3 is 15.8 Å². The zero-order chi connectivity index (χ0) is 12.4. The van der Waals surface area contributed by atoms with E-state index < -0.39 is 5.41 Å². The van der Waals surface area contributed by atoms with E-state index in [1.807, 2.05) is 0 Å². The van der Waals surface area contributed by atoms with Crippen LogP contribution in [0.4, 0.5) is 0 Å². The molecule has 0 bridgehead atoms. The molecule has 0 aromatic carbocycles. The van der Waals surface area contributed by atoms with E-state index in [4.69, 9.17) is 22.7 Å². The largest absolute Gasteiger partial charge is 0.392 e. The molecule has 0 aliphatic heterocycles. The summed E-state index contributed by atoms with van der Waals surface area (Å²) in [6.45, 7) is 3.99. The smallest absolute Gasteiger partial charge is 0.232 e. The standard InChI is InChI=1S/C11H20N2O2S/c1-10(2,8(12)16)9(14)13-7-11(15-3)5-4-6-11/h4-7H2,1-3H3,(H2,12,16)(H,13,14). The van der Waals surface area contributed by atoms with Gasteiger partial charge in [0.2, 0.25) is 5.91 Å². The third-order valence-corrected chi connectivity index (χ3v) is 3.96. The molecular formula is C11H20N2O2S. The molecule has 0 aromatic heterocycles. The molecule has 0 unspecified atom stereocenters. The van der Waals surface area contributed by atoms with Gasteiger partial charge in [0.1, 0.15) is 0 Å². The van der Waals surface area contributed by atoms with Crippen LogP contribution in [0.15, 0.2) is 0 Å². The molecule has 1 rings (SSSR count). The Kier molecular flexibility index (Phi) is 3.91. The van der Waals surface area contributed by atoms with Crippen molar-refractivity contribution in [3.63, 3.8) is 0 Å². The van der Waals surface area contributed by atoms with Crippen LogP contribution in [0.3, 0.4) is 0 Å². The van der Waals surface area contributed by atoms with Crippen molar-refractivity contribution in [2.24, 2.45) is 11.1 Å². The van der Waals surface area contributed by atoms with Gasteiger partial charge in [0.25, 0.3) is 0 Å². The molecule has 4 nitrogen and oxygen atoms in total. The lowest BCUT2D eigenvalue weighted by Gasteiger charge is -2.41. The zero-order valence-electron chi connectivity index (χ0n) is 10.1. The fourth-order valence-electron chi connectivity index (χ4n) is 1.60. The zero-order valence-corrected chi connectivity index (χ0v) is 10.9. The molecule has 1 amide bonds. The van der Waals surface area contributed by atoms with Crippen LogP contribution in [0.5, 0.6) is 0 Å². The average Bonchev–Trinajstić information content (AvgIpc) is 2.16. The maximum absolute atomic E-state index is 11.9. The van der Waals surface area contributed by atoms with Crippen molar-refractivity contribution in [2.45, 2.75) is 38.7 Å². The second-order valence-electron chi connectivity index (χ2n) is 4.91. The van der Waals surface area contributed by atoms with Crippen LogP contribution in [0.2, 0.25) is 0 Å². The summed E-state index contributed by atoms with van der Waals surface area (Å²) < 4.78 is 5.42. The molecular weight excluding hydrogens is 224 g/mol. The summed E-state index contributed by atoms with van der Waals surface area (Å²) in [6, 6.07) is 0. The van der Waals surface area contributed by atoms with E-state index in [1.54, 1.807) is 21.0 Å². The Morgan fingerprint density at radius 3 is 2.44 bits per heavy atom. The first-order valence-corrected chi connectivity index (χ1v) is 5.88. The average molecular weight is 244 g/mol. The minimum Gasteiger partial charge on any atom is -0.392 e. The van der Waals surface area contributed by atoms with Gasteiger partial charge in [-0.05, 0) is 33.1 Å². The molecule has 0 spiro atoms. The molecule has 5 heteroatoms. The van der Waals surface area contributed by atoms with Crippen molar-refractivity contribution in [3.8, 4) is 0 Å². The van der Waals surface area contributed by atoms with Gasteiger partial charge in [0.15, 0.2) is 0 Å². The summed E-state index contributed by atoms with van der Waals surface area (Å²) >= 11 is 4.87. The molecule has 1 aliphatic carbocycles. The molecule has 1 saturated carbocycles. The number of hydrogen-bond acceptors (Lipinski definition) is 3. The summed E-state index contributed by atoms with van der Waals surface area (Å²) in [4.78, 5) is 12.1. The van der Waals surface area contributed by atoms with E-state index >= 15 is 0 Å². The van der Waals surface area contributed by atoms with Crippen LogP contribution < -0.4 is 11.1 Å². The summed E-state index contributed by atoms with van der Waals surface area (Å²) in [6.07, 6.45) is 3.15. The Hall–Kier alpha value is -0.680. The van der Waals surface area contributed by atoms with Gasteiger partial charge in [-0.25, -0.2) is 0 Å². The lowest BCUT2D eigenvalue weighted by Crippen LogP contribution is -2.53. The highest BCUT2D eigenvalue weighted by Crippen LogP contribution is 2.34. The van der Waals surface area contributed by atoms with Crippen molar-refractivity contribution in [3.05, 3.63) is 0 Å². The summed E-state index contributed by atoms with van der Waals surface area (Å²) in [7, 11) is 1.68. The first-order valence-electron chi connectivity index (χ1n) is 5.47. The summed E-state index contributed by atoms with van der Waals surface area (Å²) in [5.74, 6) is -0.136. The molecule has 0 saturated heterocycles. The second-order valence-corrected chi connectivity index (χ2v) is 5.35. The quantitative estimate of drug-likeness (QED) is 0.708. The molecule has 0 radical (unpaired) electrons. The van der Waals surface area contributed by atoms with E-state index in [9.17, 15) is 4.79 Å². The number of methoxy groups -OCH3 is 1. The summed E-state index contributed by atoms with van der Waals surface area (Å²) in [5, 5.41) is 2.87. The number of nitrogens with two attached hydrogens (primary N) is 1. The third kappa shape index (κ3) is 2.52. The SMILES string of the molecule is COC1(CNC(=O)C(C)(C)C(N)=S)CCC1. The Morgan fingerprint density at radius 1 is 1.56 bits per heavy atom. The lowest BCUT2D eigenvalue weighted by molar-refractivity contribution is -0.129. The van der Waals surface area contributed by atoms with Crippen LogP contribution >= 0.6 is 12.2 Å². The van der Waals surface area contributed by atoms with Gasteiger partial charge in [0, 0.05) is 13.7 Å². The highest BCUT2D eigenvalue weighted by molar-refractivity contribution is 7.80. The number of hydrogen-bond donors (Lipinski definition) is 2.